The maximum atomic E-state index is 16.6. The predicted molar refractivity (Wildman–Crippen MR) is 394 cm³/mol. The van der Waals surface area contributed by atoms with Gasteiger partial charge in [0.05, 0.1) is 0 Å². The van der Waals surface area contributed by atoms with E-state index in [2.05, 4.69) is 89.7 Å². The average molecular weight is 1310 g/mol. The van der Waals surface area contributed by atoms with Crippen LogP contribution in [-0.2, 0) is 28.7 Å². The highest BCUT2D eigenvalue weighted by atomic mass is 16.5. The first-order valence-electron chi connectivity index (χ1n) is 38.4. The highest BCUT2D eigenvalue weighted by Gasteiger charge is 2.76. The first-order chi connectivity index (χ1) is 45.6. The minimum atomic E-state index is -1.44. The number of Topliss-reactive ketones (excluding diaryl/α,β-unsaturated/α-hetero) is 6. The number of unbranched alkanes of at least 4 members (excludes halogenated alkanes) is 3. The fraction of sp³-hybridized carbons (Fsp3) is 0.670. The molecule has 0 spiro atoms. The molecule has 16 atom stereocenters. The fourth-order valence-corrected chi connectivity index (χ4v) is 19.9. The molecule has 0 amide bonds. The van der Waals surface area contributed by atoms with Crippen molar-refractivity contribution in [3.05, 3.63) is 131 Å². The van der Waals surface area contributed by atoms with Crippen LogP contribution < -0.4 is 0 Å². The Bertz CT molecular complexity index is 3100. The van der Waals surface area contributed by atoms with E-state index in [1.54, 1.807) is 31.2 Å². The highest BCUT2D eigenvalue weighted by Crippen LogP contribution is 2.80. The number of hydrogen-bond acceptors (Lipinski definition) is 8. The second-order valence-corrected chi connectivity index (χ2v) is 33.5. The Labute approximate surface area is 582 Å². The summed E-state index contributed by atoms with van der Waals surface area (Å²) in [5.41, 5.74) is 1.81. The van der Waals surface area contributed by atoms with Crippen molar-refractivity contribution in [2.24, 2.45) is 86.8 Å². The summed E-state index contributed by atoms with van der Waals surface area (Å²) in [5, 5.41) is 0. The van der Waals surface area contributed by atoms with E-state index in [1.807, 2.05) is 73.7 Å². The van der Waals surface area contributed by atoms with E-state index in [9.17, 15) is 19.2 Å². The summed E-state index contributed by atoms with van der Waals surface area (Å²) < 4.78 is 6.46. The minimum absolute atomic E-state index is 0.0148. The van der Waals surface area contributed by atoms with Crippen LogP contribution in [-0.4, -0.2) is 46.8 Å². The van der Waals surface area contributed by atoms with Crippen LogP contribution in [0.5, 0.6) is 0 Å². The molecule has 7 rings (SSSR count). The van der Waals surface area contributed by atoms with Gasteiger partial charge in [-0.05, 0) is 140 Å². The van der Waals surface area contributed by atoms with Gasteiger partial charge in [-0.2, -0.15) is 0 Å². The first kappa shape index (κ1) is 78.0. The average Bonchev–Trinajstić information content (AvgIpc) is 0.657. The van der Waals surface area contributed by atoms with Gasteiger partial charge in [0.25, 0.3) is 0 Å². The lowest BCUT2D eigenvalue weighted by Crippen LogP contribution is -2.73. The molecule has 0 aliphatic heterocycles. The van der Waals surface area contributed by atoms with Crippen molar-refractivity contribution in [2.75, 3.05) is 0 Å². The van der Waals surface area contributed by atoms with E-state index in [0.29, 0.717) is 41.4 Å². The summed E-state index contributed by atoms with van der Waals surface area (Å²) in [7, 11) is 0. The number of allylic oxidation sites excluding steroid dienone is 3. The minimum Gasteiger partial charge on any atom is -0.453 e. The lowest BCUT2D eigenvalue weighted by Gasteiger charge is -2.76. The van der Waals surface area contributed by atoms with Gasteiger partial charge in [0.15, 0.2) is 23.5 Å². The number of ketones is 6. The lowest BCUT2D eigenvalue weighted by atomic mass is 9.27. The van der Waals surface area contributed by atoms with Crippen LogP contribution in [0.3, 0.4) is 0 Å². The Morgan fingerprint density at radius 2 is 1.11 bits per heavy atom. The van der Waals surface area contributed by atoms with Crippen molar-refractivity contribution in [2.45, 2.75) is 289 Å². The summed E-state index contributed by atoms with van der Waals surface area (Å²) in [6, 6.07) is 27.8. The molecule has 4 aliphatic rings. The fourth-order valence-electron chi connectivity index (χ4n) is 19.9. The van der Waals surface area contributed by atoms with E-state index in [-0.39, 0.29) is 90.0 Å². The molecule has 0 saturated heterocycles. The van der Waals surface area contributed by atoms with Crippen molar-refractivity contribution in [3.63, 3.8) is 0 Å². The number of rotatable bonds is 41. The molecular formula is C88H128O8. The molecule has 3 saturated carbocycles. The molecule has 0 heterocycles. The van der Waals surface area contributed by atoms with Crippen molar-refractivity contribution in [1.82, 2.24) is 0 Å². The van der Waals surface area contributed by atoms with Crippen LogP contribution in [0.15, 0.2) is 114 Å². The molecular weight excluding hydrogens is 1180 g/mol. The molecule has 8 heteroatoms. The normalized spacial score (nSPS) is 27.3. The summed E-state index contributed by atoms with van der Waals surface area (Å²) in [4.78, 5) is 105. The zero-order valence-electron chi connectivity index (χ0n) is 62.4. The summed E-state index contributed by atoms with van der Waals surface area (Å²) in [6.45, 7) is 35.8. The molecule has 3 fully saturated rings. The molecule has 3 aromatic carbocycles. The number of hydrogen-bond donors (Lipinski definition) is 0. The molecule has 0 N–H and O–H groups in total. The SMILES string of the molecule is C=C(C)C[C@@]12CC[C@@H]1C[C@H](C)[C@@]1(C)C(=O)[C@H](CC(C)=O)C3=C(C)C(CC(=O)C(OC(=O)CC(=O)CCCCCC(C)CCCC(C)CCCCC(C)CCCC(C)CCCC(C)C)[C@@H](CC(=O)c4ccccc4)c4ccccc4)C[C@@](C)([C@@H](CC(=O)c4ccccc4)[C@]21C)[C@H]3C. The van der Waals surface area contributed by atoms with Gasteiger partial charge in [-0.15, -0.1) is 6.58 Å². The molecule has 4 aliphatic carbocycles. The van der Waals surface area contributed by atoms with E-state index >= 15 is 14.4 Å². The Balaban J connectivity index is 1.07. The van der Waals surface area contributed by atoms with Gasteiger partial charge in [0.1, 0.15) is 23.8 Å². The number of carbonyl (C=O) groups is 7. The quantitative estimate of drug-likeness (QED) is 0.0181. The maximum absolute atomic E-state index is 16.6. The standard InChI is InChI=1S/C88H128O8/c1-59(2)33-30-37-64(8)41-32-40-63(7)36-29-28-35-62(6)39-31-38-61(5)34-20-16-27-48-74(90)54-81(94)96-83(75(69-42-21-17-22-43-69)55-77(91)70-44-23-18-24-45-70)79(93)53-72-58-85(13)68(12)82(67(72)11)76(52-66(10)89)84(95)86(14)65(9)51-73-49-50-88(73,57-60(3)4)87(86,15)80(85)56-78(92)71-46-25-19-26-47-71/h17-19,21-26,42-47,59,61-65,68,72-73,75-76,80,83H,3,16,20,27-41,48-58H2,1-2,4-15H3/t61?,62?,63?,64?,65-,68-,72?,73+,75-,76+,80+,83?,85+,86-,87-,88-/m0/s1. The van der Waals surface area contributed by atoms with Gasteiger partial charge in [0.2, 0.25) is 0 Å². The van der Waals surface area contributed by atoms with Gasteiger partial charge in [-0.1, -0.05) is 287 Å². The van der Waals surface area contributed by atoms with Crippen LogP contribution in [0.25, 0.3) is 0 Å². The maximum Gasteiger partial charge on any atom is 0.314 e. The van der Waals surface area contributed by atoms with Gasteiger partial charge < -0.3 is 4.74 Å². The Hall–Kier alpha value is -5.37. The number of fused-ring (bicyclic) bond motifs is 5. The largest absolute Gasteiger partial charge is 0.453 e. The van der Waals surface area contributed by atoms with Crippen LogP contribution in [0.1, 0.15) is 309 Å². The highest BCUT2D eigenvalue weighted by molar-refractivity contribution is 6.00. The van der Waals surface area contributed by atoms with E-state index in [1.165, 1.54) is 83.5 Å². The van der Waals surface area contributed by atoms with Gasteiger partial charge in [0, 0.05) is 60.5 Å². The molecule has 2 bridgehead atoms. The first-order valence-corrected chi connectivity index (χ1v) is 38.4. The van der Waals surface area contributed by atoms with Crippen molar-refractivity contribution < 1.29 is 38.3 Å². The Kier molecular flexibility index (Phi) is 28.9. The van der Waals surface area contributed by atoms with Crippen LogP contribution in [0.4, 0.5) is 0 Å². The number of carbonyl (C=O) groups excluding carboxylic acids is 7. The molecule has 96 heavy (non-hydrogen) atoms. The van der Waals surface area contributed by atoms with E-state index in [4.69, 9.17) is 4.74 Å². The molecule has 0 aromatic heterocycles. The topological polar surface area (TPSA) is 129 Å². The third kappa shape index (κ3) is 18.9. The Morgan fingerprint density at radius 3 is 1.61 bits per heavy atom. The molecule has 6 unspecified atom stereocenters. The van der Waals surface area contributed by atoms with Crippen LogP contribution in [0, 0.1) is 86.8 Å². The van der Waals surface area contributed by atoms with Crippen LogP contribution in [0.2, 0.25) is 0 Å². The third-order valence-electron chi connectivity index (χ3n) is 26.0. The van der Waals surface area contributed by atoms with Crippen molar-refractivity contribution in [1.29, 1.82) is 0 Å². The van der Waals surface area contributed by atoms with Crippen molar-refractivity contribution in [3.8, 4) is 0 Å². The summed E-state index contributed by atoms with van der Waals surface area (Å²) >= 11 is 0. The number of ether oxygens (including phenoxy) is 1. The van der Waals surface area contributed by atoms with Crippen LogP contribution >= 0.6 is 0 Å². The summed E-state index contributed by atoms with van der Waals surface area (Å²) in [6.07, 6.45) is 23.3. The van der Waals surface area contributed by atoms with E-state index in [0.717, 1.165) is 85.3 Å². The molecule has 8 nitrogen and oxygen atoms in total. The molecule has 0 radical (unpaired) electrons. The van der Waals surface area contributed by atoms with Gasteiger partial charge >= 0.3 is 5.97 Å². The lowest BCUT2D eigenvalue weighted by molar-refractivity contribution is -0.264. The third-order valence-corrected chi connectivity index (χ3v) is 26.0. The summed E-state index contributed by atoms with van der Waals surface area (Å²) in [5.74, 6) is -0.274. The zero-order valence-corrected chi connectivity index (χ0v) is 62.4. The van der Waals surface area contributed by atoms with Crippen molar-refractivity contribution >= 4 is 40.7 Å². The number of esters is 1. The zero-order chi connectivity index (χ0) is 70.1. The monoisotopic (exact) mass is 1310 g/mol. The number of benzene rings is 3. The molecule has 3 aromatic rings. The van der Waals surface area contributed by atoms with E-state index < -0.39 is 52.5 Å². The Morgan fingerprint density at radius 1 is 0.615 bits per heavy atom. The van der Waals surface area contributed by atoms with Gasteiger partial charge in [-0.3, -0.25) is 33.6 Å². The molecule has 528 valence electrons. The predicted octanol–water partition coefficient (Wildman–Crippen LogP) is 22.6. The smallest absolute Gasteiger partial charge is 0.314 e. The second kappa shape index (κ2) is 35.6. The second-order valence-electron chi connectivity index (χ2n) is 33.5. The van der Waals surface area contributed by atoms with Gasteiger partial charge in [-0.25, -0.2) is 0 Å².